The minimum atomic E-state index is -0.716. The van der Waals surface area contributed by atoms with Crippen molar-refractivity contribution in [3.8, 4) is 22.6 Å². The van der Waals surface area contributed by atoms with E-state index >= 15 is 0 Å². The fraction of sp³-hybridized carbons (Fsp3) is 0.167. The molecule has 3 N–H and O–H groups in total. The van der Waals surface area contributed by atoms with Crippen LogP contribution in [0.5, 0.6) is 0 Å². The molecule has 0 aliphatic rings. The maximum Gasteiger partial charge on any atom is 0.271 e. The Hall–Kier alpha value is -4.18. The number of fused-ring (bicyclic) bond motifs is 3. The number of nitrogens with one attached hydrogen (secondary N) is 2. The summed E-state index contributed by atoms with van der Waals surface area (Å²) in [5, 5.41) is 12.3. The Balaban J connectivity index is 1.66. The second-order valence-corrected chi connectivity index (χ2v) is 7.66. The second-order valence-electron chi connectivity index (χ2n) is 7.66. The van der Waals surface area contributed by atoms with Crippen LogP contribution >= 0.6 is 0 Å². The number of aliphatic hydroxyl groups is 1. The van der Waals surface area contributed by atoms with Gasteiger partial charge >= 0.3 is 0 Å². The van der Waals surface area contributed by atoms with Crippen LogP contribution in [-0.4, -0.2) is 48.5 Å². The van der Waals surface area contributed by atoms with E-state index in [0.717, 1.165) is 11.5 Å². The van der Waals surface area contributed by atoms with Crippen LogP contribution in [0, 0.1) is 11.6 Å². The number of carbonyl (C=O) groups is 1. The molecular weight excluding hydrogens is 442 g/mol. The van der Waals surface area contributed by atoms with Gasteiger partial charge in [0, 0.05) is 36.2 Å². The molecule has 5 aromatic rings. The zero-order valence-corrected chi connectivity index (χ0v) is 18.1. The van der Waals surface area contributed by atoms with E-state index in [9.17, 15) is 13.6 Å². The number of aromatic nitrogens is 5. The number of amides is 1. The van der Waals surface area contributed by atoms with Crippen molar-refractivity contribution in [2.24, 2.45) is 0 Å². The number of pyridine rings is 2. The van der Waals surface area contributed by atoms with Crippen LogP contribution < -0.4 is 5.32 Å². The van der Waals surface area contributed by atoms with Crippen molar-refractivity contribution in [2.45, 2.75) is 13.3 Å². The Kier molecular flexibility index (Phi) is 5.50. The molecule has 0 spiro atoms. The highest BCUT2D eigenvalue weighted by Gasteiger charge is 2.19. The summed E-state index contributed by atoms with van der Waals surface area (Å²) < 4.78 is 29.8. The predicted octanol–water partition coefficient (Wildman–Crippen LogP) is 3.50. The lowest BCUT2D eigenvalue weighted by Gasteiger charge is -2.07. The molecule has 34 heavy (non-hydrogen) atoms. The normalized spacial score (nSPS) is 11.4. The third kappa shape index (κ3) is 3.77. The van der Waals surface area contributed by atoms with Crippen LogP contribution in [0.4, 0.5) is 8.78 Å². The topological polar surface area (TPSA) is 108 Å². The van der Waals surface area contributed by atoms with Gasteiger partial charge in [-0.2, -0.15) is 0 Å². The number of hydrogen-bond donors (Lipinski definition) is 3. The molecule has 0 aliphatic carbocycles. The van der Waals surface area contributed by atoms with Gasteiger partial charge in [-0.1, -0.05) is 6.92 Å². The van der Waals surface area contributed by atoms with Crippen LogP contribution in [0.2, 0.25) is 0 Å². The third-order valence-electron chi connectivity index (χ3n) is 5.44. The molecule has 172 valence electrons. The maximum absolute atomic E-state index is 14.6. The predicted molar refractivity (Wildman–Crippen MR) is 122 cm³/mol. The molecule has 0 saturated heterocycles. The van der Waals surface area contributed by atoms with E-state index in [1.165, 1.54) is 12.1 Å². The van der Waals surface area contributed by atoms with Gasteiger partial charge in [0.1, 0.15) is 40.1 Å². The fourth-order valence-electron chi connectivity index (χ4n) is 3.79. The molecule has 0 saturated carbocycles. The van der Waals surface area contributed by atoms with Gasteiger partial charge in [-0.3, -0.25) is 9.20 Å². The lowest BCUT2D eigenvalue weighted by Crippen LogP contribution is -2.26. The number of rotatable bonds is 6. The van der Waals surface area contributed by atoms with E-state index in [1.807, 2.05) is 19.1 Å². The summed E-state index contributed by atoms with van der Waals surface area (Å²) in [4.78, 5) is 29.1. The molecule has 0 aliphatic heterocycles. The fourth-order valence-corrected chi connectivity index (χ4v) is 3.79. The number of hydrogen-bond acceptors (Lipinski definition) is 5. The van der Waals surface area contributed by atoms with Gasteiger partial charge < -0.3 is 15.4 Å². The summed E-state index contributed by atoms with van der Waals surface area (Å²) in [5.41, 5.74) is 2.77. The number of nitrogens with zero attached hydrogens (tertiary/aromatic N) is 4. The van der Waals surface area contributed by atoms with Crippen molar-refractivity contribution in [2.75, 3.05) is 13.2 Å². The van der Waals surface area contributed by atoms with Crippen molar-refractivity contribution in [3.63, 3.8) is 0 Å². The Labute approximate surface area is 192 Å². The highest BCUT2D eigenvalue weighted by atomic mass is 19.1. The molecular formula is C24H20F2N6O2. The van der Waals surface area contributed by atoms with Crippen LogP contribution in [-0.2, 0) is 6.42 Å². The zero-order chi connectivity index (χ0) is 23.8. The Bertz CT molecular complexity index is 1540. The summed E-state index contributed by atoms with van der Waals surface area (Å²) in [6, 6.07) is 10.6. The van der Waals surface area contributed by atoms with Crippen LogP contribution in [0.15, 0.2) is 48.7 Å². The van der Waals surface area contributed by atoms with Crippen molar-refractivity contribution < 1.29 is 18.7 Å². The Morgan fingerprint density at radius 3 is 2.71 bits per heavy atom. The lowest BCUT2D eigenvalue weighted by atomic mass is 10.1. The number of aliphatic hydroxyl groups excluding tert-OH is 1. The van der Waals surface area contributed by atoms with E-state index < -0.39 is 17.5 Å². The number of aryl methyl sites for hydroxylation is 1. The monoisotopic (exact) mass is 462 g/mol. The molecule has 10 heteroatoms. The lowest BCUT2D eigenvalue weighted by molar-refractivity contribution is 0.0940. The number of H-pyrrole nitrogens is 1. The summed E-state index contributed by atoms with van der Waals surface area (Å²) in [7, 11) is 0. The van der Waals surface area contributed by atoms with E-state index in [0.29, 0.717) is 40.6 Å². The summed E-state index contributed by atoms with van der Waals surface area (Å²) >= 11 is 0. The van der Waals surface area contributed by atoms with Crippen molar-refractivity contribution >= 4 is 22.6 Å². The number of halogens is 2. The molecule has 4 aromatic heterocycles. The van der Waals surface area contributed by atoms with Crippen molar-refractivity contribution in [1.29, 1.82) is 0 Å². The number of aromatic amines is 1. The van der Waals surface area contributed by atoms with Crippen LogP contribution in [0.3, 0.4) is 0 Å². The van der Waals surface area contributed by atoms with Gasteiger partial charge in [0.15, 0.2) is 0 Å². The van der Waals surface area contributed by atoms with E-state index in [4.69, 9.17) is 10.1 Å². The van der Waals surface area contributed by atoms with E-state index in [-0.39, 0.29) is 24.4 Å². The highest BCUT2D eigenvalue weighted by Crippen LogP contribution is 2.32. The number of carbonyl (C=O) groups excluding carboxylic acids is 1. The SMILES string of the molecule is CCc1nc(-c2ccc(F)cc2F)c(-c2ccc3ccc4nc(C(=O)NCCO)cn4c3n2)[nH]1. The summed E-state index contributed by atoms with van der Waals surface area (Å²) in [6.07, 6.45) is 2.16. The zero-order valence-electron chi connectivity index (χ0n) is 18.1. The van der Waals surface area contributed by atoms with Crippen LogP contribution in [0.25, 0.3) is 39.3 Å². The third-order valence-corrected chi connectivity index (χ3v) is 5.44. The van der Waals surface area contributed by atoms with Crippen molar-refractivity contribution in [3.05, 3.63) is 71.8 Å². The molecule has 4 heterocycles. The van der Waals surface area contributed by atoms with Gasteiger partial charge in [0.05, 0.1) is 18.0 Å². The Morgan fingerprint density at radius 1 is 1.12 bits per heavy atom. The average molecular weight is 462 g/mol. The quantitative estimate of drug-likeness (QED) is 0.358. The molecule has 0 unspecified atom stereocenters. The number of benzene rings is 1. The largest absolute Gasteiger partial charge is 0.395 e. The van der Waals surface area contributed by atoms with Gasteiger partial charge in [0.2, 0.25) is 0 Å². The van der Waals surface area contributed by atoms with Crippen LogP contribution in [0.1, 0.15) is 23.2 Å². The van der Waals surface area contributed by atoms with Gasteiger partial charge in [-0.25, -0.2) is 23.7 Å². The molecule has 0 bridgehead atoms. The molecule has 0 atom stereocenters. The molecule has 5 rings (SSSR count). The molecule has 1 aromatic carbocycles. The van der Waals surface area contributed by atoms with Gasteiger partial charge in [0.25, 0.3) is 5.91 Å². The molecule has 8 nitrogen and oxygen atoms in total. The average Bonchev–Trinajstić information content (AvgIpc) is 3.47. The van der Waals surface area contributed by atoms with Crippen molar-refractivity contribution in [1.82, 2.24) is 29.7 Å². The first-order chi connectivity index (χ1) is 16.5. The van der Waals surface area contributed by atoms with E-state index in [2.05, 4.69) is 20.3 Å². The summed E-state index contributed by atoms with van der Waals surface area (Å²) in [6.45, 7) is 1.87. The maximum atomic E-state index is 14.6. The van der Waals surface area contributed by atoms with Gasteiger partial charge in [-0.15, -0.1) is 0 Å². The minimum Gasteiger partial charge on any atom is -0.395 e. The second kappa shape index (κ2) is 8.64. The highest BCUT2D eigenvalue weighted by molar-refractivity contribution is 5.93. The molecule has 0 fully saturated rings. The first kappa shape index (κ1) is 21.7. The first-order valence-corrected chi connectivity index (χ1v) is 10.7. The standard InChI is InChI=1S/C24H20F2N6O2/c1-2-19-30-21(15-6-5-14(25)11-16(15)26)22(31-19)17-7-3-13-4-8-20-28-18(24(34)27-9-10-33)12-32(20)23(13)29-17/h3-8,11-12,33H,2,9-10H2,1H3,(H,27,34)(H,30,31). The molecule has 0 radical (unpaired) electrons. The minimum absolute atomic E-state index is 0.123. The number of imidazole rings is 2. The molecule has 1 amide bonds. The van der Waals surface area contributed by atoms with Gasteiger partial charge in [-0.05, 0) is 36.4 Å². The van der Waals surface area contributed by atoms with E-state index in [1.54, 1.807) is 22.7 Å². The summed E-state index contributed by atoms with van der Waals surface area (Å²) in [5.74, 6) is -1.15. The first-order valence-electron chi connectivity index (χ1n) is 10.7. The smallest absolute Gasteiger partial charge is 0.271 e. The Morgan fingerprint density at radius 2 is 1.94 bits per heavy atom.